The lowest BCUT2D eigenvalue weighted by Crippen LogP contribution is -2.59. The Labute approximate surface area is 184 Å². The number of rotatable bonds is 14. The first-order valence-electron chi connectivity index (χ1n) is 9.40. The van der Waals surface area contributed by atoms with Crippen LogP contribution in [0.25, 0.3) is 0 Å². The molecule has 0 aromatic rings. The van der Waals surface area contributed by atoms with Crippen LogP contribution in [0.2, 0.25) is 0 Å². The Hall–Kier alpha value is -2.87. The summed E-state index contributed by atoms with van der Waals surface area (Å²) in [7, 11) is 0. The summed E-state index contributed by atoms with van der Waals surface area (Å²) in [5.74, 6) is -6.50. The molecule has 0 fully saturated rings. The van der Waals surface area contributed by atoms with Gasteiger partial charge in [-0.2, -0.15) is 12.6 Å². The standard InChI is InChI=1S/C17H30N6O7S/c1-3-7(2)13(20)16(28)22-9(5-12(19)25)14(26)21-8(4-11(18)24)15(27)23-10(6-31)17(29)30/h7-10,13,31H,3-6,20H2,1-2H3,(H2,18,24)(H2,19,25)(H,21,26)(H,22,28)(H,23,27)(H,29,30). The fourth-order valence-corrected chi connectivity index (χ4v) is 2.58. The molecule has 0 heterocycles. The quantitative estimate of drug-likeness (QED) is 0.121. The second-order valence-electron chi connectivity index (χ2n) is 6.96. The molecular formula is C17H30N6O7S. The third-order valence-corrected chi connectivity index (χ3v) is 4.80. The molecule has 13 nitrogen and oxygen atoms in total. The van der Waals surface area contributed by atoms with Crippen molar-refractivity contribution in [2.75, 3.05) is 5.75 Å². The highest BCUT2D eigenvalue weighted by atomic mass is 32.1. The molecule has 5 atom stereocenters. The van der Waals surface area contributed by atoms with Crippen molar-refractivity contribution >= 4 is 48.1 Å². The molecule has 0 spiro atoms. The van der Waals surface area contributed by atoms with Crippen LogP contribution in [0, 0.1) is 5.92 Å². The SMILES string of the molecule is CCC(C)C(N)C(=O)NC(CC(N)=O)C(=O)NC(CC(N)=O)C(=O)NC(CS)C(=O)O. The zero-order valence-electron chi connectivity index (χ0n) is 17.3. The van der Waals surface area contributed by atoms with Gasteiger partial charge in [0.1, 0.15) is 18.1 Å². The first kappa shape index (κ1) is 28.1. The van der Waals surface area contributed by atoms with Crippen LogP contribution in [0.15, 0.2) is 0 Å². The first-order chi connectivity index (χ1) is 14.3. The van der Waals surface area contributed by atoms with Gasteiger partial charge in [0.2, 0.25) is 29.5 Å². The molecular weight excluding hydrogens is 432 g/mol. The third kappa shape index (κ3) is 10.1. The van der Waals surface area contributed by atoms with Gasteiger partial charge >= 0.3 is 5.97 Å². The number of aliphatic carboxylic acids is 1. The van der Waals surface area contributed by atoms with Gasteiger partial charge in [0.15, 0.2) is 0 Å². The van der Waals surface area contributed by atoms with Crippen molar-refractivity contribution in [3.8, 4) is 0 Å². The van der Waals surface area contributed by atoms with Crippen molar-refractivity contribution in [3.05, 3.63) is 0 Å². The molecule has 10 N–H and O–H groups in total. The number of nitrogens with two attached hydrogens (primary N) is 3. The topological polar surface area (TPSA) is 237 Å². The van der Waals surface area contributed by atoms with Gasteiger partial charge in [-0.3, -0.25) is 24.0 Å². The van der Waals surface area contributed by atoms with Gasteiger partial charge in [-0.1, -0.05) is 20.3 Å². The van der Waals surface area contributed by atoms with Gasteiger partial charge in [-0.25, -0.2) is 4.79 Å². The summed E-state index contributed by atoms with van der Waals surface area (Å²) in [4.78, 5) is 71.0. The predicted molar refractivity (Wildman–Crippen MR) is 112 cm³/mol. The Morgan fingerprint density at radius 3 is 1.55 bits per heavy atom. The summed E-state index contributed by atoms with van der Waals surface area (Å²) in [6.07, 6.45) is -0.692. The highest BCUT2D eigenvalue weighted by molar-refractivity contribution is 7.80. The van der Waals surface area contributed by atoms with Crippen LogP contribution in [0.4, 0.5) is 0 Å². The Morgan fingerprint density at radius 2 is 1.23 bits per heavy atom. The number of thiol groups is 1. The fourth-order valence-electron chi connectivity index (χ4n) is 2.33. The number of hydrogen-bond acceptors (Lipinski definition) is 8. The van der Waals surface area contributed by atoms with Gasteiger partial charge < -0.3 is 38.3 Å². The molecule has 0 aromatic heterocycles. The van der Waals surface area contributed by atoms with Crippen LogP contribution < -0.4 is 33.2 Å². The Bertz CT molecular complexity index is 704. The van der Waals surface area contributed by atoms with E-state index < -0.39 is 72.5 Å². The monoisotopic (exact) mass is 462 g/mol. The second kappa shape index (κ2) is 13.4. The summed E-state index contributed by atoms with van der Waals surface area (Å²) < 4.78 is 0. The summed E-state index contributed by atoms with van der Waals surface area (Å²) >= 11 is 3.80. The van der Waals surface area contributed by atoms with Crippen LogP contribution in [0.5, 0.6) is 0 Å². The largest absolute Gasteiger partial charge is 0.480 e. The second-order valence-corrected chi connectivity index (χ2v) is 7.32. The Morgan fingerprint density at radius 1 is 0.839 bits per heavy atom. The minimum atomic E-state index is -1.57. The first-order valence-corrected chi connectivity index (χ1v) is 10.0. The van der Waals surface area contributed by atoms with Gasteiger partial charge in [-0.15, -0.1) is 0 Å². The van der Waals surface area contributed by atoms with Gasteiger partial charge in [0.25, 0.3) is 0 Å². The molecule has 0 aliphatic heterocycles. The zero-order valence-corrected chi connectivity index (χ0v) is 18.2. The molecule has 5 amide bonds. The number of amides is 5. The minimum Gasteiger partial charge on any atom is -0.480 e. The fraction of sp³-hybridized carbons (Fsp3) is 0.647. The van der Waals surface area contributed by atoms with E-state index in [9.17, 15) is 28.8 Å². The average Bonchev–Trinajstić information content (AvgIpc) is 2.68. The van der Waals surface area contributed by atoms with Crippen molar-refractivity contribution in [2.45, 2.75) is 57.3 Å². The average molecular weight is 463 g/mol. The number of carboxylic acid groups (broad SMARTS) is 1. The maximum atomic E-state index is 12.6. The van der Waals surface area contributed by atoms with E-state index in [1.165, 1.54) is 0 Å². The van der Waals surface area contributed by atoms with Crippen LogP contribution in [-0.2, 0) is 28.8 Å². The molecule has 0 aliphatic rings. The molecule has 0 radical (unpaired) electrons. The lowest BCUT2D eigenvalue weighted by atomic mass is 9.99. The predicted octanol–water partition coefficient (Wildman–Crippen LogP) is -3.42. The maximum absolute atomic E-state index is 12.6. The number of primary amides is 2. The van der Waals surface area contributed by atoms with E-state index in [1.807, 2.05) is 6.92 Å². The van der Waals surface area contributed by atoms with Crippen LogP contribution in [0.1, 0.15) is 33.1 Å². The van der Waals surface area contributed by atoms with Gasteiger partial charge in [0, 0.05) is 5.75 Å². The van der Waals surface area contributed by atoms with Crippen LogP contribution in [-0.4, -0.2) is 70.5 Å². The molecule has 5 unspecified atom stereocenters. The van der Waals surface area contributed by atoms with E-state index in [0.717, 1.165) is 0 Å². The molecule has 0 saturated heterocycles. The van der Waals surface area contributed by atoms with Crippen molar-refractivity contribution in [2.24, 2.45) is 23.1 Å². The lowest BCUT2D eigenvalue weighted by molar-refractivity contribution is -0.142. The van der Waals surface area contributed by atoms with Gasteiger partial charge in [0.05, 0.1) is 18.9 Å². The zero-order chi connectivity index (χ0) is 24.3. The number of carboxylic acids is 1. The third-order valence-electron chi connectivity index (χ3n) is 4.43. The van der Waals surface area contributed by atoms with E-state index in [0.29, 0.717) is 6.42 Å². The highest BCUT2D eigenvalue weighted by Gasteiger charge is 2.32. The number of carbonyl (C=O) groups excluding carboxylic acids is 5. The molecule has 0 aromatic carbocycles. The van der Waals surface area contributed by atoms with Crippen molar-refractivity contribution in [1.29, 1.82) is 0 Å². The normalized spacial score (nSPS) is 15.5. The highest BCUT2D eigenvalue weighted by Crippen LogP contribution is 2.06. The molecule has 0 rings (SSSR count). The minimum absolute atomic E-state index is 0.222. The Balaban J connectivity index is 5.50. The van der Waals surface area contributed by atoms with Gasteiger partial charge in [-0.05, 0) is 5.92 Å². The van der Waals surface area contributed by atoms with E-state index in [2.05, 4.69) is 28.6 Å². The summed E-state index contributed by atoms with van der Waals surface area (Å²) in [5, 5.41) is 15.6. The molecule has 0 bridgehead atoms. The molecule has 14 heteroatoms. The summed E-state index contributed by atoms with van der Waals surface area (Å²) in [6.45, 7) is 3.54. The summed E-state index contributed by atoms with van der Waals surface area (Å²) in [5.41, 5.74) is 16.0. The molecule has 176 valence electrons. The maximum Gasteiger partial charge on any atom is 0.327 e. The van der Waals surface area contributed by atoms with E-state index in [4.69, 9.17) is 22.3 Å². The van der Waals surface area contributed by atoms with Crippen LogP contribution >= 0.6 is 12.6 Å². The van der Waals surface area contributed by atoms with Crippen molar-refractivity contribution in [1.82, 2.24) is 16.0 Å². The van der Waals surface area contributed by atoms with Crippen LogP contribution in [0.3, 0.4) is 0 Å². The smallest absolute Gasteiger partial charge is 0.327 e. The number of nitrogens with one attached hydrogen (secondary N) is 3. The van der Waals surface area contributed by atoms with Crippen molar-refractivity contribution in [3.63, 3.8) is 0 Å². The number of hydrogen-bond donors (Lipinski definition) is 8. The number of carbonyl (C=O) groups is 6. The van der Waals surface area contributed by atoms with E-state index in [-0.39, 0.29) is 11.7 Å². The lowest BCUT2D eigenvalue weighted by Gasteiger charge is -2.25. The summed E-state index contributed by atoms with van der Waals surface area (Å²) in [6, 6.07) is -5.41. The van der Waals surface area contributed by atoms with Crippen molar-refractivity contribution < 1.29 is 33.9 Å². The van der Waals surface area contributed by atoms with E-state index in [1.54, 1.807) is 6.92 Å². The molecule has 31 heavy (non-hydrogen) atoms. The molecule has 0 aliphatic carbocycles. The Kier molecular flexibility index (Phi) is 12.2. The van der Waals surface area contributed by atoms with E-state index >= 15 is 0 Å². The molecule has 0 saturated carbocycles.